The van der Waals surface area contributed by atoms with Gasteiger partial charge in [0.05, 0.1) is 7.11 Å². The third-order valence-electron chi connectivity index (χ3n) is 1.29. The summed E-state index contributed by atoms with van der Waals surface area (Å²) in [6.07, 6.45) is 0.386. The molecule has 0 amide bonds. The van der Waals surface area contributed by atoms with Gasteiger partial charge >= 0.3 is 5.97 Å². The molecule has 0 bridgehead atoms. The van der Waals surface area contributed by atoms with Crippen LogP contribution in [0.5, 0.6) is 0 Å². The Morgan fingerprint density at radius 3 is 2.46 bits per heavy atom. The number of rotatable bonds is 2. The summed E-state index contributed by atoms with van der Waals surface area (Å²) in [7, 11) is -0.0103. The monoisotopic (exact) mass is 199 g/mol. The molecular formula is C9H17NO2Si. The van der Waals surface area contributed by atoms with Gasteiger partial charge in [-0.15, -0.1) is 11.5 Å². The van der Waals surface area contributed by atoms with Crippen LogP contribution in [0.15, 0.2) is 0 Å². The number of hydrogen-bond donors (Lipinski definition) is 1. The zero-order valence-corrected chi connectivity index (χ0v) is 9.68. The smallest absolute Gasteiger partial charge is 0.323 e. The van der Waals surface area contributed by atoms with Gasteiger partial charge in [0.25, 0.3) is 0 Å². The fraction of sp³-hybridized carbons (Fsp3) is 0.667. The summed E-state index contributed by atoms with van der Waals surface area (Å²) in [6.45, 7) is 6.43. The minimum Gasteiger partial charge on any atom is -0.468 e. The second-order valence-electron chi connectivity index (χ2n) is 3.89. The third kappa shape index (κ3) is 6.38. The fourth-order valence-corrected chi connectivity index (χ4v) is 1.29. The van der Waals surface area contributed by atoms with Crippen LogP contribution in [-0.2, 0) is 9.53 Å². The maximum absolute atomic E-state index is 10.9. The average molecular weight is 199 g/mol. The lowest BCUT2D eigenvalue weighted by atomic mass is 10.2. The standard InChI is InChI=1S/C9H17NO2Si/c1-12-9(11)8(10)6-5-7-13(2,3)4/h8H,6,10H2,1-4H3/t8-/m0/s1. The molecule has 0 fully saturated rings. The van der Waals surface area contributed by atoms with Crippen molar-refractivity contribution in [3.63, 3.8) is 0 Å². The number of methoxy groups -OCH3 is 1. The van der Waals surface area contributed by atoms with Crippen LogP contribution in [0.25, 0.3) is 0 Å². The third-order valence-corrected chi connectivity index (χ3v) is 2.22. The van der Waals surface area contributed by atoms with Crippen LogP contribution in [0.1, 0.15) is 6.42 Å². The van der Waals surface area contributed by atoms with E-state index >= 15 is 0 Å². The van der Waals surface area contributed by atoms with Gasteiger partial charge in [-0.25, -0.2) is 0 Å². The summed E-state index contributed by atoms with van der Waals surface area (Å²) in [6, 6.07) is -0.603. The van der Waals surface area contributed by atoms with E-state index in [0.717, 1.165) is 0 Å². The van der Waals surface area contributed by atoms with Gasteiger partial charge in [-0.1, -0.05) is 19.6 Å². The molecule has 0 unspecified atom stereocenters. The normalized spacial score (nSPS) is 12.7. The Labute approximate surface area is 80.7 Å². The van der Waals surface area contributed by atoms with Gasteiger partial charge in [0.2, 0.25) is 0 Å². The predicted octanol–water partition coefficient (Wildman–Crippen LogP) is 0.758. The Balaban J connectivity index is 4.00. The maximum atomic E-state index is 10.9. The lowest BCUT2D eigenvalue weighted by molar-refractivity contribution is -0.142. The minimum absolute atomic E-state index is 0.386. The first-order valence-corrected chi connectivity index (χ1v) is 7.70. The highest BCUT2D eigenvalue weighted by Crippen LogP contribution is 1.97. The van der Waals surface area contributed by atoms with Crippen LogP contribution < -0.4 is 5.73 Å². The van der Waals surface area contributed by atoms with Crippen molar-refractivity contribution in [2.24, 2.45) is 5.73 Å². The van der Waals surface area contributed by atoms with Crippen LogP contribution in [0.4, 0.5) is 0 Å². The second-order valence-corrected chi connectivity index (χ2v) is 8.64. The van der Waals surface area contributed by atoms with Gasteiger partial charge in [-0.3, -0.25) is 4.79 Å². The molecule has 0 saturated carbocycles. The van der Waals surface area contributed by atoms with Crippen LogP contribution in [0.3, 0.4) is 0 Å². The fourth-order valence-electron chi connectivity index (χ4n) is 0.661. The van der Waals surface area contributed by atoms with Gasteiger partial charge in [-0.2, -0.15) is 0 Å². The number of ether oxygens (including phenoxy) is 1. The van der Waals surface area contributed by atoms with E-state index in [0.29, 0.717) is 6.42 Å². The molecule has 0 spiro atoms. The molecule has 0 aliphatic rings. The van der Waals surface area contributed by atoms with Crippen molar-refractivity contribution in [2.45, 2.75) is 32.1 Å². The topological polar surface area (TPSA) is 52.3 Å². The van der Waals surface area contributed by atoms with Crippen molar-refractivity contribution >= 4 is 14.0 Å². The molecule has 0 aromatic heterocycles. The van der Waals surface area contributed by atoms with E-state index in [1.807, 2.05) is 0 Å². The minimum atomic E-state index is -1.34. The van der Waals surface area contributed by atoms with Gasteiger partial charge in [-0.05, 0) is 0 Å². The van der Waals surface area contributed by atoms with Crippen LogP contribution in [0.2, 0.25) is 19.6 Å². The van der Waals surface area contributed by atoms with E-state index in [1.54, 1.807) is 0 Å². The molecule has 2 N–H and O–H groups in total. The number of carbonyl (C=O) groups excluding carboxylic acids is 1. The molecule has 0 aliphatic heterocycles. The first kappa shape index (κ1) is 12.2. The quantitative estimate of drug-likeness (QED) is 0.406. The van der Waals surface area contributed by atoms with Crippen molar-refractivity contribution in [3.8, 4) is 11.5 Å². The van der Waals surface area contributed by atoms with E-state index in [4.69, 9.17) is 5.73 Å². The highest BCUT2D eigenvalue weighted by molar-refractivity contribution is 6.83. The van der Waals surface area contributed by atoms with E-state index in [2.05, 4.69) is 35.8 Å². The summed E-state index contributed by atoms with van der Waals surface area (Å²) in [5.74, 6) is 2.53. The Bertz CT molecular complexity index is 234. The SMILES string of the molecule is COC(=O)[C@@H](N)CC#C[Si](C)(C)C. The molecule has 0 aromatic carbocycles. The van der Waals surface area contributed by atoms with E-state index in [1.165, 1.54) is 7.11 Å². The van der Waals surface area contributed by atoms with Crippen LogP contribution in [0, 0.1) is 11.5 Å². The first-order chi connectivity index (χ1) is 5.87. The Hall–Kier alpha value is -0.793. The molecule has 13 heavy (non-hydrogen) atoms. The van der Waals surface area contributed by atoms with Crippen LogP contribution in [-0.4, -0.2) is 27.2 Å². The van der Waals surface area contributed by atoms with Crippen molar-refractivity contribution in [3.05, 3.63) is 0 Å². The van der Waals surface area contributed by atoms with Crippen molar-refractivity contribution in [1.82, 2.24) is 0 Å². The molecule has 0 aliphatic carbocycles. The maximum Gasteiger partial charge on any atom is 0.323 e. The highest BCUT2D eigenvalue weighted by atomic mass is 28.3. The van der Waals surface area contributed by atoms with E-state index in [-0.39, 0.29) is 0 Å². The molecule has 74 valence electrons. The molecule has 0 rings (SSSR count). The zero-order valence-electron chi connectivity index (χ0n) is 8.68. The highest BCUT2D eigenvalue weighted by Gasteiger charge is 2.12. The lowest BCUT2D eigenvalue weighted by Crippen LogP contribution is -2.31. The largest absolute Gasteiger partial charge is 0.468 e. The van der Waals surface area contributed by atoms with E-state index < -0.39 is 20.1 Å². The summed E-state index contributed by atoms with van der Waals surface area (Å²) in [5.41, 5.74) is 8.63. The lowest BCUT2D eigenvalue weighted by Gasteiger charge is -2.06. The molecule has 0 heterocycles. The number of nitrogens with two attached hydrogens (primary N) is 1. The molecule has 4 heteroatoms. The average Bonchev–Trinajstić information content (AvgIpc) is 2.00. The molecule has 1 atom stereocenters. The predicted molar refractivity (Wildman–Crippen MR) is 55.7 cm³/mol. The van der Waals surface area contributed by atoms with Gasteiger partial charge in [0.1, 0.15) is 14.1 Å². The van der Waals surface area contributed by atoms with Crippen molar-refractivity contribution in [2.75, 3.05) is 7.11 Å². The van der Waals surface area contributed by atoms with Crippen LogP contribution >= 0.6 is 0 Å². The number of esters is 1. The summed E-state index contributed by atoms with van der Waals surface area (Å²) < 4.78 is 4.47. The summed E-state index contributed by atoms with van der Waals surface area (Å²) in [5, 5.41) is 0. The first-order valence-electron chi connectivity index (χ1n) is 4.20. The van der Waals surface area contributed by atoms with Crippen molar-refractivity contribution < 1.29 is 9.53 Å². The molecule has 0 aromatic rings. The molecular weight excluding hydrogens is 182 g/mol. The summed E-state index contributed by atoms with van der Waals surface area (Å²) in [4.78, 5) is 10.9. The number of carbonyl (C=O) groups is 1. The molecule has 3 nitrogen and oxygen atoms in total. The molecule has 0 radical (unpaired) electrons. The Morgan fingerprint density at radius 2 is 2.08 bits per heavy atom. The van der Waals surface area contributed by atoms with E-state index in [9.17, 15) is 4.79 Å². The number of hydrogen-bond acceptors (Lipinski definition) is 3. The van der Waals surface area contributed by atoms with Gasteiger partial charge in [0.15, 0.2) is 0 Å². The van der Waals surface area contributed by atoms with Gasteiger partial charge in [0, 0.05) is 6.42 Å². The second kappa shape index (κ2) is 5.05. The van der Waals surface area contributed by atoms with Crippen molar-refractivity contribution in [1.29, 1.82) is 0 Å². The van der Waals surface area contributed by atoms with Gasteiger partial charge < -0.3 is 10.5 Å². The molecule has 0 saturated heterocycles. The Morgan fingerprint density at radius 1 is 1.54 bits per heavy atom. The zero-order chi connectivity index (χ0) is 10.5. The summed E-state index contributed by atoms with van der Waals surface area (Å²) >= 11 is 0. The Kier molecular flexibility index (Phi) is 4.74.